The Morgan fingerprint density at radius 2 is 0.782 bits per heavy atom. The molecule has 1 unspecified atom stereocenters. The SMILES string of the molecule is CC(C)c1cccc(C(C)C)c1N1[C@@H](c2ccccc2)[C@@H]1c1ccccc1.CC(C)c1cccc(C(C)C)c1NC(c1ccccc1)[C@H](O)c1ccccc1.[HH].[HH].[HH].[HH].[HH].[HH].[HH].[HH].[HH]. The molecule has 3 heteroatoms. The molecule has 0 bridgehead atoms. The first kappa shape index (κ1) is 39.6. The minimum atomic E-state index is -0.649. The average Bonchev–Trinajstić information content (AvgIpc) is 3.96. The fourth-order valence-corrected chi connectivity index (χ4v) is 8.03. The molecule has 0 amide bonds. The van der Waals surface area contributed by atoms with Gasteiger partial charge in [-0.15, -0.1) is 0 Å². The molecule has 1 saturated heterocycles. The summed E-state index contributed by atoms with van der Waals surface area (Å²) in [5, 5.41) is 15.0. The van der Waals surface area contributed by atoms with Crippen molar-refractivity contribution in [2.24, 2.45) is 0 Å². The van der Waals surface area contributed by atoms with Crippen LogP contribution in [0.1, 0.15) is 161 Å². The van der Waals surface area contributed by atoms with E-state index in [1.54, 1.807) is 0 Å². The molecule has 3 nitrogen and oxygen atoms in total. The normalized spacial score (nSPS) is 16.2. The lowest BCUT2D eigenvalue weighted by atomic mass is 9.90. The lowest BCUT2D eigenvalue weighted by Crippen LogP contribution is -2.21. The summed E-state index contributed by atoms with van der Waals surface area (Å²) in [5.74, 6) is 1.80. The van der Waals surface area contributed by atoms with Crippen molar-refractivity contribution in [1.29, 1.82) is 0 Å². The van der Waals surface area contributed by atoms with Crippen molar-refractivity contribution < 1.29 is 17.9 Å². The Balaban J connectivity index is -0.000000493. The third-order valence-electron chi connectivity index (χ3n) is 11.0. The van der Waals surface area contributed by atoms with Gasteiger partial charge < -0.3 is 15.3 Å². The number of hydrogen-bond acceptors (Lipinski definition) is 3. The highest BCUT2D eigenvalue weighted by atomic mass is 16.3. The molecule has 55 heavy (non-hydrogen) atoms. The van der Waals surface area contributed by atoms with Crippen molar-refractivity contribution in [2.45, 2.75) is 103 Å². The van der Waals surface area contributed by atoms with Crippen LogP contribution >= 0.6 is 0 Å². The first-order valence-corrected chi connectivity index (χ1v) is 20.3. The zero-order chi connectivity index (χ0) is 39.1. The summed E-state index contributed by atoms with van der Waals surface area (Å²) in [7, 11) is 0. The van der Waals surface area contributed by atoms with Crippen LogP contribution in [0, 0.1) is 0 Å². The van der Waals surface area contributed by atoms with Gasteiger partial charge in [-0.25, -0.2) is 0 Å². The topological polar surface area (TPSA) is 35.3 Å². The molecule has 0 spiro atoms. The van der Waals surface area contributed by atoms with Crippen LogP contribution in [0.4, 0.5) is 11.4 Å². The summed E-state index contributed by atoms with van der Waals surface area (Å²) in [5.41, 5.74) is 12.9. The first-order valence-electron chi connectivity index (χ1n) is 20.3. The van der Waals surface area contributed by atoms with Crippen molar-refractivity contribution in [3.8, 4) is 0 Å². The molecular weight excluding hydrogens is 669 g/mol. The van der Waals surface area contributed by atoms with Gasteiger partial charge in [0.1, 0.15) is 6.10 Å². The Morgan fingerprint density at radius 1 is 0.436 bits per heavy atom. The van der Waals surface area contributed by atoms with Gasteiger partial charge in [0.2, 0.25) is 0 Å². The Kier molecular flexibility index (Phi) is 13.0. The number of anilines is 2. The van der Waals surface area contributed by atoms with E-state index >= 15 is 0 Å². The van der Waals surface area contributed by atoms with Crippen LogP contribution < -0.4 is 10.2 Å². The molecule has 0 radical (unpaired) electrons. The van der Waals surface area contributed by atoms with Crippen molar-refractivity contribution in [3.05, 3.63) is 202 Å². The molecular formula is C52H78N2O. The predicted molar refractivity (Wildman–Crippen MR) is 253 cm³/mol. The highest BCUT2D eigenvalue weighted by molar-refractivity contribution is 5.70. The van der Waals surface area contributed by atoms with E-state index in [2.05, 4.69) is 175 Å². The number of nitrogens with zero attached hydrogens (tertiary/aromatic N) is 1. The monoisotopic (exact) mass is 747 g/mol. The van der Waals surface area contributed by atoms with Gasteiger partial charge in [-0.2, -0.15) is 0 Å². The van der Waals surface area contributed by atoms with Gasteiger partial charge in [-0.1, -0.05) is 213 Å². The van der Waals surface area contributed by atoms with Crippen LogP contribution in [0.2, 0.25) is 0 Å². The number of aliphatic hydroxyl groups excluding tert-OH is 1. The molecule has 0 aliphatic carbocycles. The molecule has 1 aliphatic heterocycles. The van der Waals surface area contributed by atoms with Gasteiger partial charge >= 0.3 is 0 Å². The summed E-state index contributed by atoms with van der Waals surface area (Å²) in [6, 6.07) is 56.0. The number of para-hydroxylation sites is 2. The quantitative estimate of drug-likeness (QED) is 0.122. The highest BCUT2D eigenvalue weighted by Gasteiger charge is 2.51. The van der Waals surface area contributed by atoms with E-state index in [0.29, 0.717) is 35.8 Å². The minimum Gasteiger partial charge on any atom is -0.386 e. The fraction of sp³-hybridized carbons (Fsp3) is 0.308. The maximum Gasteiger partial charge on any atom is 0.103 e. The van der Waals surface area contributed by atoms with Crippen molar-refractivity contribution in [1.82, 2.24) is 0 Å². The second-order valence-electron chi connectivity index (χ2n) is 16.2. The number of nitrogens with one attached hydrogen (secondary N) is 1. The first-order chi connectivity index (χ1) is 26.6. The van der Waals surface area contributed by atoms with Crippen LogP contribution in [0.15, 0.2) is 158 Å². The lowest BCUT2D eigenvalue weighted by Gasteiger charge is -2.30. The lowest BCUT2D eigenvalue weighted by molar-refractivity contribution is 0.155. The number of aliphatic hydroxyl groups is 1. The van der Waals surface area contributed by atoms with Crippen molar-refractivity contribution in [2.75, 3.05) is 10.2 Å². The van der Waals surface area contributed by atoms with Gasteiger partial charge in [-0.3, -0.25) is 0 Å². The Labute approximate surface area is 344 Å². The molecule has 6 aromatic rings. The Bertz CT molecular complexity index is 2010. The number of hydrogen-bond donors (Lipinski definition) is 2. The van der Waals surface area contributed by atoms with Crippen LogP contribution in [0.3, 0.4) is 0 Å². The standard InChI is InChI=1S/C26H31NO.C26H29N.9H2/c1-18(2)22-16-11-17-23(19(3)4)25(22)27-24(20-12-7-5-8-13-20)26(28)21-14-9-6-10-15-21;1-18(2)22-16-11-17-23(19(3)4)26(22)27-24(20-12-7-5-8-13-20)25(27)21-14-9-6-10-15-21;;;;;;;;;/h5-19,24,26-28H,1-4H3;5-19,24-25H,1-4H3;9*1H/t24?,26-;24-,25-;;;;;;;;;/m10........./s1. The maximum absolute atomic E-state index is 11.3. The van der Waals surface area contributed by atoms with Crippen molar-refractivity contribution >= 4 is 11.4 Å². The number of rotatable bonds is 12. The van der Waals surface area contributed by atoms with E-state index in [4.69, 9.17) is 0 Å². The zero-order valence-electron chi connectivity index (χ0n) is 34.0. The van der Waals surface area contributed by atoms with Gasteiger partial charge in [0.15, 0.2) is 0 Å². The molecule has 1 aliphatic rings. The number of benzene rings is 6. The Hall–Kier alpha value is -5.12. The van der Waals surface area contributed by atoms with Gasteiger partial charge in [0.25, 0.3) is 0 Å². The molecule has 0 aromatic heterocycles. The van der Waals surface area contributed by atoms with E-state index in [1.165, 1.54) is 39.1 Å². The largest absolute Gasteiger partial charge is 0.386 e. The third-order valence-corrected chi connectivity index (χ3v) is 11.0. The molecule has 2 N–H and O–H groups in total. The van der Waals surface area contributed by atoms with E-state index in [1.807, 2.05) is 48.5 Å². The molecule has 1 fully saturated rings. The summed E-state index contributed by atoms with van der Waals surface area (Å²) in [6.45, 7) is 18.1. The summed E-state index contributed by atoms with van der Waals surface area (Å²) >= 11 is 0. The van der Waals surface area contributed by atoms with Crippen LogP contribution in [-0.4, -0.2) is 5.11 Å². The summed E-state index contributed by atoms with van der Waals surface area (Å²) in [4.78, 5) is 2.65. The third kappa shape index (κ3) is 9.06. The van der Waals surface area contributed by atoms with Crippen LogP contribution in [0.5, 0.6) is 0 Å². The molecule has 1 heterocycles. The fourth-order valence-electron chi connectivity index (χ4n) is 8.03. The second kappa shape index (κ2) is 18.0. The molecule has 6 aromatic carbocycles. The summed E-state index contributed by atoms with van der Waals surface area (Å²) in [6.07, 6.45) is -0.649. The smallest absolute Gasteiger partial charge is 0.103 e. The van der Waals surface area contributed by atoms with Crippen molar-refractivity contribution in [3.63, 3.8) is 0 Å². The van der Waals surface area contributed by atoms with Crippen LogP contribution in [-0.2, 0) is 0 Å². The van der Waals surface area contributed by atoms with Gasteiger partial charge in [0, 0.05) is 24.2 Å². The molecule has 0 saturated carbocycles. The van der Waals surface area contributed by atoms with E-state index in [0.717, 1.165) is 16.8 Å². The average molecular weight is 747 g/mol. The van der Waals surface area contributed by atoms with E-state index in [-0.39, 0.29) is 18.9 Å². The summed E-state index contributed by atoms with van der Waals surface area (Å²) < 4.78 is 0. The maximum atomic E-state index is 11.3. The van der Waals surface area contributed by atoms with Crippen LogP contribution in [0.25, 0.3) is 0 Å². The van der Waals surface area contributed by atoms with E-state index in [9.17, 15) is 5.11 Å². The predicted octanol–water partition coefficient (Wildman–Crippen LogP) is 16.3. The zero-order valence-corrected chi connectivity index (χ0v) is 34.0. The van der Waals surface area contributed by atoms with Gasteiger partial charge in [-0.05, 0) is 68.2 Å². The Morgan fingerprint density at radius 3 is 1.16 bits per heavy atom. The second-order valence-corrected chi connectivity index (χ2v) is 16.2. The van der Waals surface area contributed by atoms with E-state index < -0.39 is 6.10 Å². The highest BCUT2D eigenvalue weighted by Crippen LogP contribution is 2.59. The molecule has 4 atom stereocenters. The molecule has 302 valence electrons. The van der Waals surface area contributed by atoms with Gasteiger partial charge in [0.05, 0.1) is 18.1 Å². The minimum absolute atomic E-state index is 0. The molecule has 7 rings (SSSR count).